The quantitative estimate of drug-likeness (QED) is 0.404. The first-order valence-corrected chi connectivity index (χ1v) is 6.96. The van der Waals surface area contributed by atoms with E-state index in [0.717, 1.165) is 45.0 Å². The summed E-state index contributed by atoms with van der Waals surface area (Å²) in [6.07, 6.45) is 5.86. The van der Waals surface area contributed by atoms with E-state index in [4.69, 9.17) is 15.2 Å². The van der Waals surface area contributed by atoms with Gasteiger partial charge in [-0.15, -0.1) is 0 Å². The molecule has 0 amide bonds. The molecular weight excluding hydrogens is 230 g/mol. The van der Waals surface area contributed by atoms with E-state index in [1.54, 1.807) is 7.11 Å². The molecule has 18 heavy (non-hydrogen) atoms. The smallest absolute Gasteiger partial charge is 0.191 e. The number of nitrogens with two attached hydrogens (primary N) is 1. The lowest BCUT2D eigenvalue weighted by molar-refractivity contribution is 0.0690. The lowest BCUT2D eigenvalue weighted by atomic mass is 10.1. The van der Waals surface area contributed by atoms with Crippen molar-refractivity contribution in [3.63, 3.8) is 0 Å². The summed E-state index contributed by atoms with van der Waals surface area (Å²) >= 11 is 0. The highest BCUT2D eigenvalue weighted by Crippen LogP contribution is 2.07. The molecule has 0 aromatic carbocycles. The lowest BCUT2D eigenvalue weighted by Gasteiger charge is -2.27. The van der Waals surface area contributed by atoms with Gasteiger partial charge in [0, 0.05) is 33.4 Å². The van der Waals surface area contributed by atoms with Crippen LogP contribution in [-0.2, 0) is 9.47 Å². The van der Waals surface area contributed by atoms with Crippen LogP contribution in [0.25, 0.3) is 0 Å². The van der Waals surface area contributed by atoms with Gasteiger partial charge in [-0.2, -0.15) is 0 Å². The van der Waals surface area contributed by atoms with E-state index in [-0.39, 0.29) is 0 Å². The van der Waals surface area contributed by atoms with Gasteiger partial charge in [-0.25, -0.2) is 0 Å². The van der Waals surface area contributed by atoms with Crippen LogP contribution in [0, 0.1) is 0 Å². The Bertz CT molecular complexity index is 228. The molecule has 1 heterocycles. The standard InChI is InChI=1S/C13H27N3O2/c1-17-11-12-18-10-6-3-7-15-13(14)16-8-4-2-5-9-16/h2-12H2,1H3,(H2,14,15). The molecule has 0 atom stereocenters. The summed E-state index contributed by atoms with van der Waals surface area (Å²) in [6, 6.07) is 0. The summed E-state index contributed by atoms with van der Waals surface area (Å²) in [7, 11) is 1.68. The van der Waals surface area contributed by atoms with Gasteiger partial charge < -0.3 is 20.1 Å². The maximum Gasteiger partial charge on any atom is 0.191 e. The van der Waals surface area contributed by atoms with Crippen molar-refractivity contribution in [2.45, 2.75) is 32.1 Å². The monoisotopic (exact) mass is 257 g/mol. The Morgan fingerprint density at radius 3 is 2.61 bits per heavy atom. The zero-order valence-electron chi connectivity index (χ0n) is 11.6. The van der Waals surface area contributed by atoms with Crippen molar-refractivity contribution in [2.24, 2.45) is 10.7 Å². The average molecular weight is 257 g/mol. The molecule has 0 aromatic heterocycles. The summed E-state index contributed by atoms with van der Waals surface area (Å²) in [4.78, 5) is 6.61. The molecule has 5 heteroatoms. The number of ether oxygens (including phenoxy) is 2. The summed E-state index contributed by atoms with van der Waals surface area (Å²) < 4.78 is 10.3. The van der Waals surface area contributed by atoms with Crippen molar-refractivity contribution < 1.29 is 9.47 Å². The van der Waals surface area contributed by atoms with Gasteiger partial charge in [-0.3, -0.25) is 4.99 Å². The van der Waals surface area contributed by atoms with Crippen LogP contribution < -0.4 is 5.73 Å². The lowest BCUT2D eigenvalue weighted by Crippen LogP contribution is -2.40. The third kappa shape index (κ3) is 6.81. The minimum absolute atomic E-state index is 0.667. The number of methoxy groups -OCH3 is 1. The van der Waals surface area contributed by atoms with Gasteiger partial charge in [0.15, 0.2) is 5.96 Å². The first-order valence-electron chi connectivity index (χ1n) is 6.96. The molecule has 1 aliphatic heterocycles. The van der Waals surface area contributed by atoms with E-state index in [2.05, 4.69) is 9.89 Å². The topological polar surface area (TPSA) is 60.1 Å². The molecule has 0 bridgehead atoms. The molecule has 0 unspecified atom stereocenters. The minimum atomic E-state index is 0.667. The average Bonchev–Trinajstić information content (AvgIpc) is 2.42. The van der Waals surface area contributed by atoms with Crippen LogP contribution in [-0.4, -0.2) is 57.4 Å². The zero-order valence-corrected chi connectivity index (χ0v) is 11.6. The molecule has 0 spiro atoms. The first kappa shape index (κ1) is 15.2. The number of rotatable bonds is 8. The van der Waals surface area contributed by atoms with Crippen molar-refractivity contribution >= 4 is 5.96 Å². The number of unbranched alkanes of at least 4 members (excludes halogenated alkanes) is 1. The van der Waals surface area contributed by atoms with Gasteiger partial charge >= 0.3 is 0 Å². The second kappa shape index (κ2) is 10.1. The Morgan fingerprint density at radius 2 is 1.89 bits per heavy atom. The number of nitrogens with zero attached hydrogens (tertiary/aromatic N) is 2. The van der Waals surface area contributed by atoms with Gasteiger partial charge in [0.2, 0.25) is 0 Å². The van der Waals surface area contributed by atoms with Crippen LogP contribution in [0.4, 0.5) is 0 Å². The predicted octanol–water partition coefficient (Wildman–Crippen LogP) is 1.23. The third-order valence-electron chi connectivity index (χ3n) is 3.08. The normalized spacial score (nSPS) is 17.2. The third-order valence-corrected chi connectivity index (χ3v) is 3.08. The van der Waals surface area contributed by atoms with Crippen LogP contribution in [0.15, 0.2) is 4.99 Å². The Hall–Kier alpha value is -0.810. The number of hydrogen-bond acceptors (Lipinski definition) is 3. The van der Waals surface area contributed by atoms with Crippen LogP contribution in [0.2, 0.25) is 0 Å². The van der Waals surface area contributed by atoms with Crippen molar-refractivity contribution in [2.75, 3.05) is 46.6 Å². The second-order valence-electron chi connectivity index (χ2n) is 4.60. The summed E-state index contributed by atoms with van der Waals surface area (Å²) in [5.41, 5.74) is 5.96. The van der Waals surface area contributed by atoms with Crippen LogP contribution in [0.1, 0.15) is 32.1 Å². The molecule has 2 N–H and O–H groups in total. The zero-order chi connectivity index (χ0) is 13.1. The minimum Gasteiger partial charge on any atom is -0.382 e. The highest BCUT2D eigenvalue weighted by Gasteiger charge is 2.11. The van der Waals surface area contributed by atoms with Gasteiger partial charge in [-0.1, -0.05) is 0 Å². The molecule has 0 radical (unpaired) electrons. The fourth-order valence-electron chi connectivity index (χ4n) is 1.98. The SMILES string of the molecule is COCCOCCCCN=C(N)N1CCCCC1. The summed E-state index contributed by atoms with van der Waals surface area (Å²) in [5.74, 6) is 0.718. The maximum absolute atomic E-state index is 5.96. The van der Waals surface area contributed by atoms with Gasteiger partial charge in [0.25, 0.3) is 0 Å². The molecule has 0 aliphatic carbocycles. The molecular formula is C13H27N3O2. The van der Waals surface area contributed by atoms with E-state index in [0.29, 0.717) is 13.2 Å². The Kier molecular flexibility index (Phi) is 8.59. The number of piperidine rings is 1. The number of guanidine groups is 1. The molecule has 0 saturated carbocycles. The summed E-state index contributed by atoms with van der Waals surface area (Å²) in [5, 5.41) is 0. The number of likely N-dealkylation sites (tertiary alicyclic amines) is 1. The van der Waals surface area contributed by atoms with E-state index in [1.165, 1.54) is 19.3 Å². The fraction of sp³-hybridized carbons (Fsp3) is 0.923. The molecule has 1 saturated heterocycles. The Balaban J connectivity index is 1.98. The molecule has 1 aliphatic rings. The van der Waals surface area contributed by atoms with Gasteiger partial charge in [0.05, 0.1) is 13.2 Å². The summed E-state index contributed by atoms with van der Waals surface area (Å²) in [6.45, 7) is 5.05. The Morgan fingerprint density at radius 1 is 1.11 bits per heavy atom. The van der Waals surface area contributed by atoms with E-state index in [9.17, 15) is 0 Å². The van der Waals surface area contributed by atoms with Crippen molar-refractivity contribution in [3.05, 3.63) is 0 Å². The Labute approximate surface area is 110 Å². The number of aliphatic imine (C=N–C) groups is 1. The van der Waals surface area contributed by atoms with E-state index < -0.39 is 0 Å². The van der Waals surface area contributed by atoms with Crippen LogP contribution in [0.5, 0.6) is 0 Å². The molecule has 1 rings (SSSR count). The second-order valence-corrected chi connectivity index (χ2v) is 4.60. The highest BCUT2D eigenvalue weighted by molar-refractivity contribution is 5.78. The number of hydrogen-bond donors (Lipinski definition) is 1. The van der Waals surface area contributed by atoms with Crippen LogP contribution in [0.3, 0.4) is 0 Å². The van der Waals surface area contributed by atoms with E-state index >= 15 is 0 Å². The fourth-order valence-corrected chi connectivity index (χ4v) is 1.98. The van der Waals surface area contributed by atoms with Crippen LogP contribution >= 0.6 is 0 Å². The molecule has 0 aromatic rings. The van der Waals surface area contributed by atoms with E-state index in [1.807, 2.05) is 0 Å². The van der Waals surface area contributed by atoms with Gasteiger partial charge in [-0.05, 0) is 32.1 Å². The molecule has 5 nitrogen and oxygen atoms in total. The highest BCUT2D eigenvalue weighted by atomic mass is 16.5. The van der Waals surface area contributed by atoms with Crippen molar-refractivity contribution in [1.82, 2.24) is 4.90 Å². The van der Waals surface area contributed by atoms with Crippen molar-refractivity contribution in [1.29, 1.82) is 0 Å². The van der Waals surface area contributed by atoms with Gasteiger partial charge in [0.1, 0.15) is 0 Å². The van der Waals surface area contributed by atoms with Crippen molar-refractivity contribution in [3.8, 4) is 0 Å². The molecule has 1 fully saturated rings. The predicted molar refractivity (Wildman–Crippen MR) is 73.8 cm³/mol. The maximum atomic E-state index is 5.96. The largest absolute Gasteiger partial charge is 0.382 e. The first-order chi connectivity index (χ1) is 8.84. The molecule has 106 valence electrons.